The van der Waals surface area contributed by atoms with E-state index in [1.165, 1.54) is 0 Å². The number of nitrogens with zero attached hydrogens (tertiary/aromatic N) is 1. The van der Waals surface area contributed by atoms with E-state index in [0.717, 1.165) is 19.3 Å². The van der Waals surface area contributed by atoms with Crippen molar-refractivity contribution in [2.45, 2.75) is 37.8 Å². The zero-order valence-corrected chi connectivity index (χ0v) is 9.52. The molecular formula is C12H18N2O2. The van der Waals surface area contributed by atoms with Crippen molar-refractivity contribution in [2.75, 3.05) is 12.4 Å². The Hall–Kier alpha value is -1.29. The molecule has 1 heterocycles. The van der Waals surface area contributed by atoms with E-state index in [9.17, 15) is 9.90 Å². The lowest BCUT2D eigenvalue weighted by Gasteiger charge is -2.27. The van der Waals surface area contributed by atoms with E-state index in [-0.39, 0.29) is 17.7 Å². The number of aliphatic hydroxyl groups excluding tert-OH is 1. The van der Waals surface area contributed by atoms with Gasteiger partial charge >= 0.3 is 0 Å². The molecule has 2 N–H and O–H groups in total. The van der Waals surface area contributed by atoms with Crippen molar-refractivity contribution < 1.29 is 5.11 Å². The van der Waals surface area contributed by atoms with Gasteiger partial charge in [-0.15, -0.1) is 0 Å². The molecule has 1 fully saturated rings. The average Bonchev–Trinajstić information content (AvgIpc) is 2.29. The van der Waals surface area contributed by atoms with Crippen LogP contribution >= 0.6 is 0 Å². The molecular weight excluding hydrogens is 204 g/mol. The molecule has 1 saturated carbocycles. The van der Waals surface area contributed by atoms with Gasteiger partial charge in [0.15, 0.2) is 0 Å². The predicted molar refractivity (Wildman–Crippen MR) is 63.8 cm³/mol. The van der Waals surface area contributed by atoms with Crippen LogP contribution in [0.4, 0.5) is 5.69 Å². The van der Waals surface area contributed by atoms with Crippen molar-refractivity contribution in [3.63, 3.8) is 0 Å². The first kappa shape index (κ1) is 11.2. The van der Waals surface area contributed by atoms with E-state index < -0.39 is 0 Å². The summed E-state index contributed by atoms with van der Waals surface area (Å²) in [5, 5.41) is 12.5. The minimum Gasteiger partial charge on any atom is -0.393 e. The summed E-state index contributed by atoms with van der Waals surface area (Å²) >= 11 is 0. The van der Waals surface area contributed by atoms with Gasteiger partial charge in [-0.05, 0) is 37.8 Å². The number of hydrogen-bond acceptors (Lipinski definition) is 3. The molecule has 16 heavy (non-hydrogen) atoms. The largest absolute Gasteiger partial charge is 0.393 e. The normalized spacial score (nSPS) is 25.4. The first-order valence-electron chi connectivity index (χ1n) is 5.79. The van der Waals surface area contributed by atoms with Crippen molar-refractivity contribution in [3.05, 3.63) is 28.7 Å². The second kappa shape index (κ2) is 4.70. The van der Waals surface area contributed by atoms with Crippen LogP contribution in [0.25, 0.3) is 0 Å². The molecule has 0 radical (unpaired) electrons. The third kappa shape index (κ3) is 2.11. The molecule has 1 aromatic rings. The van der Waals surface area contributed by atoms with Gasteiger partial charge in [-0.1, -0.05) is 0 Å². The fraction of sp³-hybridized carbons (Fsp3) is 0.583. The Kier molecular flexibility index (Phi) is 3.29. The second-order valence-electron chi connectivity index (χ2n) is 4.36. The van der Waals surface area contributed by atoms with Gasteiger partial charge in [-0.3, -0.25) is 4.79 Å². The monoisotopic (exact) mass is 222 g/mol. The number of pyridine rings is 1. The van der Waals surface area contributed by atoms with Crippen LogP contribution in [0, 0.1) is 0 Å². The van der Waals surface area contributed by atoms with E-state index in [2.05, 4.69) is 5.32 Å². The van der Waals surface area contributed by atoms with Crippen LogP contribution < -0.4 is 10.9 Å². The first-order valence-corrected chi connectivity index (χ1v) is 5.79. The van der Waals surface area contributed by atoms with Crippen molar-refractivity contribution in [3.8, 4) is 0 Å². The maximum absolute atomic E-state index is 12.0. The van der Waals surface area contributed by atoms with Crippen LogP contribution in [0.2, 0.25) is 0 Å². The maximum atomic E-state index is 12.0. The second-order valence-corrected chi connectivity index (χ2v) is 4.36. The molecule has 0 saturated heterocycles. The highest BCUT2D eigenvalue weighted by atomic mass is 16.3. The summed E-state index contributed by atoms with van der Waals surface area (Å²) in [6, 6.07) is 3.79. The van der Waals surface area contributed by atoms with Crippen molar-refractivity contribution in [1.82, 2.24) is 4.57 Å². The molecule has 1 aromatic heterocycles. The molecule has 0 spiro atoms. The summed E-state index contributed by atoms with van der Waals surface area (Å²) in [4.78, 5) is 12.0. The number of hydrogen-bond donors (Lipinski definition) is 2. The summed E-state index contributed by atoms with van der Waals surface area (Å²) < 4.78 is 1.74. The summed E-state index contributed by atoms with van der Waals surface area (Å²) in [5.74, 6) is 0. The summed E-state index contributed by atoms with van der Waals surface area (Å²) in [7, 11) is 1.75. The lowest BCUT2D eigenvalue weighted by molar-refractivity contribution is 0.103. The quantitative estimate of drug-likeness (QED) is 0.794. The minimum absolute atomic E-state index is 0.00380. The molecule has 2 rings (SSSR count). The van der Waals surface area contributed by atoms with Gasteiger partial charge < -0.3 is 15.0 Å². The molecule has 0 amide bonds. The Morgan fingerprint density at radius 1 is 1.50 bits per heavy atom. The van der Waals surface area contributed by atoms with Crippen molar-refractivity contribution in [2.24, 2.45) is 0 Å². The topological polar surface area (TPSA) is 54.3 Å². The third-order valence-corrected chi connectivity index (χ3v) is 3.26. The van der Waals surface area contributed by atoms with E-state index >= 15 is 0 Å². The zero-order chi connectivity index (χ0) is 11.5. The Morgan fingerprint density at radius 3 is 3.00 bits per heavy atom. The maximum Gasteiger partial charge on any atom is 0.274 e. The number of aliphatic hydroxyl groups is 1. The Bertz CT molecular complexity index is 414. The van der Waals surface area contributed by atoms with Crippen LogP contribution in [-0.4, -0.2) is 22.8 Å². The number of rotatable bonds is 2. The highest BCUT2D eigenvalue weighted by molar-refractivity contribution is 5.39. The van der Waals surface area contributed by atoms with Gasteiger partial charge in [0.1, 0.15) is 5.69 Å². The zero-order valence-electron chi connectivity index (χ0n) is 9.52. The van der Waals surface area contributed by atoms with Gasteiger partial charge in [0.05, 0.1) is 6.10 Å². The highest BCUT2D eigenvalue weighted by Crippen LogP contribution is 2.27. The van der Waals surface area contributed by atoms with Crippen molar-refractivity contribution >= 4 is 5.69 Å². The average molecular weight is 222 g/mol. The molecule has 0 aliphatic heterocycles. The number of nitrogens with one attached hydrogen (secondary N) is 1. The Morgan fingerprint density at radius 2 is 2.31 bits per heavy atom. The van der Waals surface area contributed by atoms with E-state index in [1.54, 1.807) is 17.7 Å². The molecule has 1 aliphatic carbocycles. The van der Waals surface area contributed by atoms with Gasteiger partial charge in [-0.25, -0.2) is 0 Å². The molecule has 1 aliphatic rings. The van der Waals surface area contributed by atoms with Gasteiger partial charge in [0, 0.05) is 19.3 Å². The fourth-order valence-electron chi connectivity index (χ4n) is 2.38. The first-order chi connectivity index (χ1) is 7.72. The van der Waals surface area contributed by atoms with Gasteiger partial charge in [0.25, 0.3) is 5.56 Å². The number of anilines is 1. The summed E-state index contributed by atoms with van der Waals surface area (Å²) in [5.41, 5.74) is 0.617. The molecule has 4 heteroatoms. The third-order valence-electron chi connectivity index (χ3n) is 3.26. The summed E-state index contributed by atoms with van der Waals surface area (Å²) in [6.07, 6.45) is 5.06. The highest BCUT2D eigenvalue weighted by Gasteiger charge is 2.22. The molecule has 0 aromatic carbocycles. The lowest BCUT2D eigenvalue weighted by Crippen LogP contribution is -2.30. The van der Waals surface area contributed by atoms with E-state index in [0.29, 0.717) is 12.1 Å². The van der Waals surface area contributed by atoms with E-state index in [4.69, 9.17) is 0 Å². The molecule has 4 nitrogen and oxygen atoms in total. The smallest absolute Gasteiger partial charge is 0.274 e. The fourth-order valence-corrected chi connectivity index (χ4v) is 2.38. The van der Waals surface area contributed by atoms with E-state index in [1.807, 2.05) is 12.3 Å². The SMILES string of the molecule is CNc1cccn([C@@H]2CCC[C@H](O)C2)c1=O. The van der Waals surface area contributed by atoms with Crippen LogP contribution in [0.5, 0.6) is 0 Å². The van der Waals surface area contributed by atoms with Crippen LogP contribution in [-0.2, 0) is 0 Å². The van der Waals surface area contributed by atoms with Crippen molar-refractivity contribution in [1.29, 1.82) is 0 Å². The van der Waals surface area contributed by atoms with Gasteiger partial charge in [-0.2, -0.15) is 0 Å². The predicted octanol–water partition coefficient (Wildman–Crippen LogP) is 1.37. The molecule has 0 unspecified atom stereocenters. The van der Waals surface area contributed by atoms with Crippen LogP contribution in [0.3, 0.4) is 0 Å². The summed E-state index contributed by atoms with van der Waals surface area (Å²) in [6.45, 7) is 0. The number of aromatic nitrogens is 1. The molecule has 0 bridgehead atoms. The lowest BCUT2D eigenvalue weighted by atomic mass is 9.93. The molecule has 88 valence electrons. The Balaban J connectivity index is 2.29. The van der Waals surface area contributed by atoms with Gasteiger partial charge in [0.2, 0.25) is 0 Å². The van der Waals surface area contributed by atoms with Crippen LogP contribution in [0.1, 0.15) is 31.7 Å². The standard InChI is InChI=1S/C12H18N2O2/c1-13-11-6-3-7-14(12(11)16)9-4-2-5-10(15)8-9/h3,6-7,9-10,13,15H,2,4-5,8H2,1H3/t9-,10+/m1/s1. The minimum atomic E-state index is -0.260. The molecule has 2 atom stereocenters. The Labute approximate surface area is 94.9 Å². The van der Waals surface area contributed by atoms with Crippen LogP contribution in [0.15, 0.2) is 23.1 Å².